The maximum Gasteiger partial charge on any atom is 0.0991 e. The first-order chi connectivity index (χ1) is 8.31. The van der Waals surface area contributed by atoms with Crippen LogP contribution in [-0.2, 0) is 12.8 Å². The number of fused-ring (bicyclic) bond motifs is 3. The number of hydrogen-bond acceptors (Lipinski definition) is 2. The molecule has 3 nitrogen and oxygen atoms in total. The fourth-order valence-electron chi connectivity index (χ4n) is 2.73. The normalized spacial score (nSPS) is 18.9. The quantitative estimate of drug-likeness (QED) is 0.781. The van der Waals surface area contributed by atoms with Gasteiger partial charge in [-0.25, -0.2) is 0 Å². The second-order valence-corrected chi connectivity index (χ2v) is 4.68. The van der Waals surface area contributed by atoms with Crippen LogP contribution in [0.2, 0.25) is 0 Å². The highest BCUT2D eigenvalue weighted by molar-refractivity contribution is 5.86. The van der Waals surface area contributed by atoms with E-state index in [4.69, 9.17) is 5.26 Å². The number of aromatic amines is 1. The molecule has 1 unspecified atom stereocenters. The predicted octanol–water partition coefficient (Wildman–Crippen LogP) is 2.12. The number of nitriles is 1. The maximum atomic E-state index is 8.96. The van der Waals surface area contributed by atoms with Crippen LogP contribution in [-0.4, -0.2) is 18.1 Å². The maximum absolute atomic E-state index is 8.96. The van der Waals surface area contributed by atoms with E-state index in [2.05, 4.69) is 16.4 Å². The molecule has 0 amide bonds. The Morgan fingerprint density at radius 2 is 2.35 bits per heavy atom. The second-order valence-electron chi connectivity index (χ2n) is 4.68. The summed E-state index contributed by atoms with van der Waals surface area (Å²) in [5, 5.41) is 13.5. The van der Waals surface area contributed by atoms with Crippen molar-refractivity contribution in [1.29, 1.82) is 5.26 Å². The Morgan fingerprint density at radius 1 is 1.47 bits per heavy atom. The molecular weight excluding hydrogens is 210 g/mol. The van der Waals surface area contributed by atoms with E-state index in [9.17, 15) is 0 Å². The number of aromatic nitrogens is 1. The molecule has 0 saturated carbocycles. The summed E-state index contributed by atoms with van der Waals surface area (Å²) in [4.78, 5) is 3.47. The van der Waals surface area contributed by atoms with Gasteiger partial charge in [0.1, 0.15) is 0 Å². The van der Waals surface area contributed by atoms with E-state index in [1.807, 2.05) is 25.2 Å². The van der Waals surface area contributed by atoms with Crippen LogP contribution in [0.15, 0.2) is 18.2 Å². The minimum Gasteiger partial charge on any atom is -0.358 e. The van der Waals surface area contributed by atoms with Gasteiger partial charge in [0.05, 0.1) is 11.6 Å². The average Bonchev–Trinajstić information content (AvgIpc) is 2.75. The molecule has 1 aromatic heterocycles. The molecule has 1 atom stereocenters. The van der Waals surface area contributed by atoms with Crippen molar-refractivity contribution in [3.8, 4) is 6.07 Å². The highest BCUT2D eigenvalue weighted by atomic mass is 14.9. The number of likely N-dealkylation sites (N-methyl/N-ethyl adjacent to an activating group) is 1. The van der Waals surface area contributed by atoms with Gasteiger partial charge in [-0.2, -0.15) is 5.26 Å². The SMILES string of the molecule is CNC1CCc2[nH]c3ccc(C#N)cc3c2C1. The monoisotopic (exact) mass is 225 g/mol. The van der Waals surface area contributed by atoms with Crippen LogP contribution in [0.3, 0.4) is 0 Å². The number of nitrogens with zero attached hydrogens (tertiary/aromatic N) is 1. The summed E-state index contributed by atoms with van der Waals surface area (Å²) in [5.41, 5.74) is 4.64. The number of rotatable bonds is 1. The Kier molecular flexibility index (Phi) is 2.38. The molecule has 0 radical (unpaired) electrons. The Morgan fingerprint density at radius 3 is 3.12 bits per heavy atom. The lowest BCUT2D eigenvalue weighted by Gasteiger charge is -2.21. The van der Waals surface area contributed by atoms with Crippen LogP contribution >= 0.6 is 0 Å². The lowest BCUT2D eigenvalue weighted by molar-refractivity contribution is 0.495. The molecule has 0 bridgehead atoms. The lowest BCUT2D eigenvalue weighted by Crippen LogP contribution is -2.31. The summed E-state index contributed by atoms with van der Waals surface area (Å²) < 4.78 is 0. The molecule has 0 saturated heterocycles. The van der Waals surface area contributed by atoms with E-state index >= 15 is 0 Å². The number of H-pyrrole nitrogens is 1. The number of aryl methyl sites for hydroxylation is 1. The summed E-state index contributed by atoms with van der Waals surface area (Å²) in [6, 6.07) is 8.67. The van der Waals surface area contributed by atoms with Crippen molar-refractivity contribution < 1.29 is 0 Å². The zero-order chi connectivity index (χ0) is 11.8. The Balaban J connectivity index is 2.16. The van der Waals surface area contributed by atoms with Crippen molar-refractivity contribution in [1.82, 2.24) is 10.3 Å². The Hall–Kier alpha value is -1.79. The number of hydrogen-bond donors (Lipinski definition) is 2. The second kappa shape index (κ2) is 3.90. The Bertz CT molecular complexity index is 604. The van der Waals surface area contributed by atoms with Crippen LogP contribution in [0.5, 0.6) is 0 Å². The van der Waals surface area contributed by atoms with Crippen LogP contribution in [0.25, 0.3) is 10.9 Å². The third-order valence-electron chi connectivity index (χ3n) is 3.73. The van der Waals surface area contributed by atoms with E-state index in [0.29, 0.717) is 6.04 Å². The molecule has 2 N–H and O–H groups in total. The third kappa shape index (κ3) is 1.62. The summed E-state index contributed by atoms with van der Waals surface area (Å²) in [6.07, 6.45) is 3.33. The standard InChI is InChI=1S/C14H15N3/c1-16-10-3-5-14-12(7-10)11-6-9(8-15)2-4-13(11)17-14/h2,4,6,10,16-17H,3,5,7H2,1H3. The van der Waals surface area contributed by atoms with E-state index in [0.717, 1.165) is 23.9 Å². The lowest BCUT2D eigenvalue weighted by atomic mass is 9.91. The third-order valence-corrected chi connectivity index (χ3v) is 3.73. The first-order valence-corrected chi connectivity index (χ1v) is 6.02. The molecule has 0 aliphatic heterocycles. The minimum atomic E-state index is 0.562. The predicted molar refractivity (Wildman–Crippen MR) is 67.9 cm³/mol. The van der Waals surface area contributed by atoms with Gasteiger partial charge in [-0.1, -0.05) is 0 Å². The zero-order valence-electron chi connectivity index (χ0n) is 9.88. The molecule has 0 spiro atoms. The number of benzene rings is 1. The molecule has 1 aliphatic carbocycles. The van der Waals surface area contributed by atoms with E-state index < -0.39 is 0 Å². The topological polar surface area (TPSA) is 51.6 Å². The van der Waals surface area contributed by atoms with Crippen LogP contribution in [0, 0.1) is 11.3 Å². The highest BCUT2D eigenvalue weighted by Gasteiger charge is 2.21. The van der Waals surface area contributed by atoms with Crippen LogP contribution in [0.4, 0.5) is 0 Å². The fraction of sp³-hybridized carbons (Fsp3) is 0.357. The molecule has 1 aliphatic rings. The summed E-state index contributed by atoms with van der Waals surface area (Å²) >= 11 is 0. The van der Waals surface area contributed by atoms with E-state index in [-0.39, 0.29) is 0 Å². The van der Waals surface area contributed by atoms with E-state index in [1.54, 1.807) is 0 Å². The highest BCUT2D eigenvalue weighted by Crippen LogP contribution is 2.29. The first-order valence-electron chi connectivity index (χ1n) is 6.02. The molecule has 17 heavy (non-hydrogen) atoms. The minimum absolute atomic E-state index is 0.562. The van der Waals surface area contributed by atoms with Gasteiger partial charge in [-0.05, 0) is 50.1 Å². The largest absolute Gasteiger partial charge is 0.358 e. The fourth-order valence-corrected chi connectivity index (χ4v) is 2.73. The van der Waals surface area contributed by atoms with Gasteiger partial charge in [0, 0.05) is 22.6 Å². The van der Waals surface area contributed by atoms with Gasteiger partial charge in [0.25, 0.3) is 0 Å². The zero-order valence-corrected chi connectivity index (χ0v) is 9.88. The van der Waals surface area contributed by atoms with Gasteiger partial charge < -0.3 is 10.3 Å². The van der Waals surface area contributed by atoms with Crippen molar-refractivity contribution in [3.63, 3.8) is 0 Å². The first kappa shape index (κ1) is 10.4. The van der Waals surface area contributed by atoms with Crippen molar-refractivity contribution in [2.75, 3.05) is 7.05 Å². The average molecular weight is 225 g/mol. The number of nitrogens with one attached hydrogen (secondary N) is 2. The molecule has 1 heterocycles. The molecule has 2 aromatic rings. The molecule has 1 aromatic carbocycles. The van der Waals surface area contributed by atoms with Gasteiger partial charge >= 0.3 is 0 Å². The van der Waals surface area contributed by atoms with Gasteiger partial charge in [0.15, 0.2) is 0 Å². The van der Waals surface area contributed by atoms with Gasteiger partial charge in [0.2, 0.25) is 0 Å². The molecule has 3 rings (SSSR count). The van der Waals surface area contributed by atoms with Crippen molar-refractivity contribution in [3.05, 3.63) is 35.0 Å². The summed E-state index contributed by atoms with van der Waals surface area (Å²) in [5.74, 6) is 0. The van der Waals surface area contributed by atoms with Gasteiger partial charge in [-0.3, -0.25) is 0 Å². The molecule has 86 valence electrons. The molecule has 3 heteroatoms. The van der Waals surface area contributed by atoms with Crippen molar-refractivity contribution in [2.45, 2.75) is 25.3 Å². The summed E-state index contributed by atoms with van der Waals surface area (Å²) in [6.45, 7) is 0. The summed E-state index contributed by atoms with van der Waals surface area (Å²) in [7, 11) is 2.02. The van der Waals surface area contributed by atoms with Crippen LogP contribution in [0.1, 0.15) is 23.2 Å². The molecule has 0 fully saturated rings. The Labute approximate surface area is 100 Å². The van der Waals surface area contributed by atoms with Crippen molar-refractivity contribution >= 4 is 10.9 Å². The van der Waals surface area contributed by atoms with E-state index in [1.165, 1.54) is 23.1 Å². The smallest absolute Gasteiger partial charge is 0.0991 e. The van der Waals surface area contributed by atoms with Gasteiger partial charge in [-0.15, -0.1) is 0 Å². The molecular formula is C14H15N3. The van der Waals surface area contributed by atoms with Crippen LogP contribution < -0.4 is 5.32 Å². The van der Waals surface area contributed by atoms with Crippen molar-refractivity contribution in [2.24, 2.45) is 0 Å².